The van der Waals surface area contributed by atoms with E-state index < -0.39 is 2.14 Å². The molecule has 0 aliphatic heterocycles. The normalized spacial score (nSPS) is 11.4. The summed E-state index contributed by atoms with van der Waals surface area (Å²) in [6.45, 7) is 4.18. The van der Waals surface area contributed by atoms with E-state index in [9.17, 15) is 4.79 Å². The first-order chi connectivity index (χ1) is 6.48. The maximum absolute atomic E-state index is 11.2. The van der Waals surface area contributed by atoms with E-state index in [2.05, 4.69) is 60.0 Å². The van der Waals surface area contributed by atoms with Crippen LogP contribution in [0.1, 0.15) is 19.8 Å². The van der Waals surface area contributed by atoms with E-state index in [0.29, 0.717) is 13.2 Å². The number of hydrogen-bond donors (Lipinski definition) is 1. The van der Waals surface area contributed by atoms with Crippen molar-refractivity contribution < 1.29 is 9.53 Å². The van der Waals surface area contributed by atoms with Crippen molar-refractivity contribution in [2.75, 3.05) is 19.7 Å². The van der Waals surface area contributed by atoms with Crippen LogP contribution in [0.25, 0.3) is 0 Å². The maximum Gasteiger partial charge on any atom is 0.344 e. The Morgan fingerprint density at radius 2 is 2.00 bits per heavy atom. The fourth-order valence-electron chi connectivity index (χ4n) is 0.725. The van der Waals surface area contributed by atoms with Gasteiger partial charge in [-0.3, -0.25) is 0 Å². The molecule has 0 spiro atoms. The summed E-state index contributed by atoms with van der Waals surface area (Å²) in [7, 11) is 0. The number of halogens is 3. The Morgan fingerprint density at radius 3 is 2.50 bits per heavy atom. The minimum absolute atomic E-state index is 0.380. The third-order valence-corrected chi connectivity index (χ3v) is 2.42. The second-order valence-corrected chi connectivity index (χ2v) is 9.50. The van der Waals surface area contributed by atoms with Crippen molar-refractivity contribution in [2.24, 2.45) is 0 Å². The molecule has 0 aromatic heterocycles. The third kappa shape index (κ3) is 8.20. The topological polar surface area (TPSA) is 38.3 Å². The van der Waals surface area contributed by atoms with Crippen LogP contribution in [0.5, 0.6) is 0 Å². The number of carbonyl (C=O) groups is 1. The molecular weight excluding hydrogens is 382 g/mol. The Labute approximate surface area is 110 Å². The Kier molecular flexibility index (Phi) is 8.57. The molecule has 0 aromatic carbocycles. The molecular formula is C8H14Br3NO2. The molecule has 0 atom stereocenters. The molecule has 84 valence electrons. The van der Waals surface area contributed by atoms with E-state index in [-0.39, 0.29) is 5.97 Å². The van der Waals surface area contributed by atoms with E-state index in [4.69, 9.17) is 4.74 Å². The highest BCUT2D eigenvalue weighted by molar-refractivity contribution is 9.40. The first kappa shape index (κ1) is 14.9. The van der Waals surface area contributed by atoms with E-state index in [1.807, 2.05) is 0 Å². The molecule has 0 amide bonds. The number of carbonyl (C=O) groups excluding carboxylic acids is 1. The molecule has 6 heteroatoms. The van der Waals surface area contributed by atoms with E-state index >= 15 is 0 Å². The van der Waals surface area contributed by atoms with Crippen LogP contribution in [-0.4, -0.2) is 27.8 Å². The smallest absolute Gasteiger partial charge is 0.344 e. The fraction of sp³-hybridized carbons (Fsp3) is 0.875. The average molecular weight is 396 g/mol. The molecule has 0 bridgehead atoms. The lowest BCUT2D eigenvalue weighted by Crippen LogP contribution is -2.26. The highest BCUT2D eigenvalue weighted by atomic mass is 80.0. The predicted octanol–water partition coefficient (Wildman–Crippen LogP) is 2.76. The highest BCUT2D eigenvalue weighted by Crippen LogP contribution is 2.34. The van der Waals surface area contributed by atoms with Gasteiger partial charge in [0.2, 0.25) is 2.14 Å². The summed E-state index contributed by atoms with van der Waals surface area (Å²) in [5.41, 5.74) is 0. The summed E-state index contributed by atoms with van der Waals surface area (Å²) < 4.78 is 4.00. The van der Waals surface area contributed by atoms with Gasteiger partial charge in [-0.1, -0.05) is 13.3 Å². The molecule has 0 saturated heterocycles. The Morgan fingerprint density at radius 1 is 1.36 bits per heavy atom. The molecule has 0 aromatic rings. The molecule has 0 rings (SSSR count). The van der Waals surface area contributed by atoms with Crippen molar-refractivity contribution in [1.82, 2.24) is 5.32 Å². The van der Waals surface area contributed by atoms with Gasteiger partial charge < -0.3 is 10.1 Å². The van der Waals surface area contributed by atoms with Crippen molar-refractivity contribution in [2.45, 2.75) is 21.9 Å². The third-order valence-electron chi connectivity index (χ3n) is 1.45. The van der Waals surface area contributed by atoms with E-state index in [0.717, 1.165) is 13.0 Å². The fourth-order valence-corrected chi connectivity index (χ4v) is 1.07. The predicted molar refractivity (Wildman–Crippen MR) is 68.2 cm³/mol. The molecule has 0 radical (unpaired) electrons. The largest absolute Gasteiger partial charge is 0.462 e. The van der Waals surface area contributed by atoms with Gasteiger partial charge in [-0.15, -0.1) is 0 Å². The number of nitrogens with one attached hydrogen (secondary N) is 1. The van der Waals surface area contributed by atoms with Gasteiger partial charge in [-0.05, 0) is 60.8 Å². The minimum Gasteiger partial charge on any atom is -0.462 e. The zero-order valence-corrected chi connectivity index (χ0v) is 12.7. The van der Waals surface area contributed by atoms with Gasteiger partial charge in [0.15, 0.2) is 0 Å². The second kappa shape index (κ2) is 8.07. The lowest BCUT2D eigenvalue weighted by molar-refractivity contribution is -0.141. The van der Waals surface area contributed by atoms with Crippen molar-refractivity contribution in [3.05, 3.63) is 0 Å². The van der Waals surface area contributed by atoms with Gasteiger partial charge in [-0.25, -0.2) is 4.79 Å². The first-order valence-corrected chi connectivity index (χ1v) is 6.81. The van der Waals surface area contributed by atoms with Crippen LogP contribution in [-0.2, 0) is 9.53 Å². The van der Waals surface area contributed by atoms with Crippen LogP contribution < -0.4 is 5.32 Å². The summed E-state index contributed by atoms with van der Waals surface area (Å²) in [5.74, 6) is -0.380. The molecule has 0 aliphatic carbocycles. The molecule has 3 nitrogen and oxygen atoms in total. The standard InChI is InChI=1S/C8H14Br3NO2/c1-2-3-4-12-5-6-14-7(13)8(9,10)11/h12H,2-6H2,1H3. The summed E-state index contributed by atoms with van der Waals surface area (Å²) in [6, 6.07) is 0. The molecule has 0 saturated carbocycles. The average Bonchev–Trinajstić information content (AvgIpc) is 2.09. The van der Waals surface area contributed by atoms with Gasteiger partial charge in [0, 0.05) is 6.54 Å². The van der Waals surface area contributed by atoms with Gasteiger partial charge >= 0.3 is 5.97 Å². The van der Waals surface area contributed by atoms with Crippen molar-refractivity contribution >= 4 is 53.8 Å². The van der Waals surface area contributed by atoms with Gasteiger partial charge in [-0.2, -0.15) is 0 Å². The number of alkyl halides is 3. The monoisotopic (exact) mass is 393 g/mol. The van der Waals surface area contributed by atoms with E-state index in [1.54, 1.807) is 0 Å². The molecule has 0 aliphatic rings. The van der Waals surface area contributed by atoms with Crippen molar-refractivity contribution in [3.63, 3.8) is 0 Å². The molecule has 14 heavy (non-hydrogen) atoms. The summed E-state index contributed by atoms with van der Waals surface area (Å²) >= 11 is 9.23. The first-order valence-electron chi connectivity index (χ1n) is 4.43. The summed E-state index contributed by atoms with van der Waals surface area (Å²) in [5, 5.41) is 3.17. The van der Waals surface area contributed by atoms with Crippen LogP contribution in [0.2, 0.25) is 0 Å². The minimum atomic E-state index is -0.948. The Balaban J connectivity index is 3.33. The summed E-state index contributed by atoms with van der Waals surface area (Å²) in [4.78, 5) is 11.2. The number of ether oxygens (including phenoxy) is 1. The molecule has 0 unspecified atom stereocenters. The van der Waals surface area contributed by atoms with Gasteiger partial charge in [0.1, 0.15) is 6.61 Å². The Bertz CT molecular complexity index is 170. The Hall–Kier alpha value is 0.870. The van der Waals surface area contributed by atoms with Gasteiger partial charge in [0.05, 0.1) is 0 Å². The maximum atomic E-state index is 11.2. The van der Waals surface area contributed by atoms with Crippen LogP contribution in [0.15, 0.2) is 0 Å². The number of hydrogen-bond acceptors (Lipinski definition) is 3. The van der Waals surface area contributed by atoms with Crippen molar-refractivity contribution in [1.29, 1.82) is 0 Å². The van der Waals surface area contributed by atoms with E-state index in [1.165, 1.54) is 6.42 Å². The quantitative estimate of drug-likeness (QED) is 0.427. The number of unbranched alkanes of at least 4 members (excludes halogenated alkanes) is 1. The highest BCUT2D eigenvalue weighted by Gasteiger charge is 2.30. The summed E-state index contributed by atoms with van der Waals surface area (Å²) in [6.07, 6.45) is 2.31. The lowest BCUT2D eigenvalue weighted by Gasteiger charge is -2.11. The lowest BCUT2D eigenvalue weighted by atomic mass is 10.3. The zero-order valence-electron chi connectivity index (χ0n) is 7.99. The van der Waals surface area contributed by atoms with Crippen molar-refractivity contribution in [3.8, 4) is 0 Å². The zero-order chi connectivity index (χ0) is 11.0. The molecule has 1 N–H and O–H groups in total. The molecule has 0 heterocycles. The number of rotatable bonds is 6. The van der Waals surface area contributed by atoms with Gasteiger partial charge in [0.25, 0.3) is 0 Å². The van der Waals surface area contributed by atoms with Crippen LogP contribution in [0.4, 0.5) is 0 Å². The van der Waals surface area contributed by atoms with Crippen LogP contribution >= 0.6 is 47.8 Å². The second-order valence-electron chi connectivity index (χ2n) is 2.74. The van der Waals surface area contributed by atoms with Crippen LogP contribution in [0.3, 0.4) is 0 Å². The number of esters is 1. The molecule has 0 fully saturated rings. The SMILES string of the molecule is CCCCNCCOC(=O)C(Br)(Br)Br. The van der Waals surface area contributed by atoms with Crippen LogP contribution in [0, 0.1) is 0 Å².